The maximum Gasteiger partial charge on any atom is 0.416 e. The van der Waals surface area contributed by atoms with E-state index in [1.165, 1.54) is 12.1 Å². The summed E-state index contributed by atoms with van der Waals surface area (Å²) in [5.74, 6) is -1.73. The van der Waals surface area contributed by atoms with Crippen molar-refractivity contribution in [1.82, 2.24) is 15.2 Å². The molecule has 1 N–H and O–H groups in total. The largest absolute Gasteiger partial charge is 0.416 e. The van der Waals surface area contributed by atoms with Gasteiger partial charge in [-0.05, 0) is 55.2 Å². The number of nitrogens with zero attached hydrogens (tertiary/aromatic N) is 2. The van der Waals surface area contributed by atoms with Crippen LogP contribution in [0.4, 0.5) is 17.6 Å². The minimum atomic E-state index is -4.37. The number of alkyl halides is 3. The van der Waals surface area contributed by atoms with Crippen molar-refractivity contribution < 1.29 is 31.9 Å². The third-order valence-corrected chi connectivity index (χ3v) is 8.10. The summed E-state index contributed by atoms with van der Waals surface area (Å²) >= 11 is 0. The van der Waals surface area contributed by atoms with E-state index in [1.54, 1.807) is 24.4 Å². The molecule has 0 bridgehead atoms. The molecule has 3 atom stereocenters. The average molecular weight is 528 g/mol. The molecular weight excluding hydrogens is 502 g/mol. The van der Waals surface area contributed by atoms with Crippen molar-refractivity contribution in [2.45, 2.75) is 56.0 Å². The molecule has 6 nitrogen and oxygen atoms in total. The Hall–Kier alpha value is -3.37. The number of imide groups is 1. The molecule has 3 saturated heterocycles. The number of halogens is 4. The van der Waals surface area contributed by atoms with Crippen molar-refractivity contribution in [3.63, 3.8) is 0 Å². The van der Waals surface area contributed by atoms with Gasteiger partial charge in [-0.2, -0.15) is 13.2 Å². The van der Waals surface area contributed by atoms with Gasteiger partial charge >= 0.3 is 6.18 Å². The molecule has 1 aromatic heterocycles. The standard InChI is InChI=1S/C28H25F4N3O3/c1-26-15-35(14-16-2-4-18(5-3-16)28(30,31)32)11-10-27(26,38-26)21-7-8-22-20(24(21)29)12-17(13-33-22)19-6-9-23(36)34-25(19)37/h2-5,7-8,12-13,19H,6,9-11,14-15H2,1H3,(H,34,36,37). The number of carbonyl (C=O) groups is 2. The van der Waals surface area contributed by atoms with Crippen LogP contribution >= 0.6 is 0 Å². The van der Waals surface area contributed by atoms with E-state index in [-0.39, 0.29) is 12.3 Å². The first-order valence-corrected chi connectivity index (χ1v) is 12.5. The van der Waals surface area contributed by atoms with E-state index in [9.17, 15) is 22.8 Å². The van der Waals surface area contributed by atoms with Crippen molar-refractivity contribution in [3.8, 4) is 0 Å². The molecule has 2 amide bonds. The fourth-order valence-corrected chi connectivity index (χ4v) is 6.02. The molecule has 0 aliphatic carbocycles. The van der Waals surface area contributed by atoms with Crippen LogP contribution in [0.25, 0.3) is 10.9 Å². The van der Waals surface area contributed by atoms with Crippen LogP contribution in [0, 0.1) is 5.82 Å². The molecule has 3 aromatic rings. The third kappa shape index (κ3) is 4.06. The molecule has 4 heterocycles. The fourth-order valence-electron chi connectivity index (χ4n) is 6.02. The second-order valence-corrected chi connectivity index (χ2v) is 10.6. The molecule has 2 aromatic carbocycles. The molecular formula is C28H25F4N3O3. The summed E-state index contributed by atoms with van der Waals surface area (Å²) in [4.78, 5) is 30.3. The number of carbonyl (C=O) groups excluding carboxylic acids is 2. The predicted octanol–water partition coefficient (Wildman–Crippen LogP) is 4.80. The van der Waals surface area contributed by atoms with Crippen LogP contribution in [0.5, 0.6) is 0 Å². The molecule has 3 fully saturated rings. The number of fused-ring (bicyclic) bond motifs is 2. The van der Waals surface area contributed by atoms with Crippen molar-refractivity contribution in [3.05, 3.63) is 76.7 Å². The SMILES string of the molecule is CC12CN(Cc3ccc(C(F)(F)F)cc3)CCC1(c1ccc3ncc(C4CCC(=O)NC4=O)cc3c1F)O2. The van der Waals surface area contributed by atoms with Gasteiger partial charge in [0, 0.05) is 43.2 Å². The molecule has 0 spiro atoms. The summed E-state index contributed by atoms with van der Waals surface area (Å²) in [7, 11) is 0. The lowest BCUT2D eigenvalue weighted by atomic mass is 9.80. The zero-order valence-corrected chi connectivity index (χ0v) is 20.6. The first kappa shape index (κ1) is 24.9. The summed E-state index contributed by atoms with van der Waals surface area (Å²) < 4.78 is 60.9. The van der Waals surface area contributed by atoms with E-state index >= 15 is 4.39 Å². The molecule has 198 valence electrons. The highest BCUT2D eigenvalue weighted by atomic mass is 19.4. The topological polar surface area (TPSA) is 74.8 Å². The van der Waals surface area contributed by atoms with Gasteiger partial charge < -0.3 is 4.74 Å². The minimum Gasteiger partial charge on any atom is -0.356 e. The molecule has 10 heteroatoms. The highest BCUT2D eigenvalue weighted by molar-refractivity contribution is 6.01. The lowest BCUT2D eigenvalue weighted by Gasteiger charge is -2.33. The number of amides is 2. The molecule has 3 aliphatic rings. The third-order valence-electron chi connectivity index (χ3n) is 8.10. The van der Waals surface area contributed by atoms with Gasteiger partial charge in [0.1, 0.15) is 17.0 Å². The van der Waals surface area contributed by atoms with Crippen molar-refractivity contribution in [1.29, 1.82) is 0 Å². The smallest absolute Gasteiger partial charge is 0.356 e. The van der Waals surface area contributed by atoms with Gasteiger partial charge in [-0.15, -0.1) is 0 Å². The van der Waals surface area contributed by atoms with Crippen LogP contribution < -0.4 is 5.32 Å². The monoisotopic (exact) mass is 527 g/mol. The van der Waals surface area contributed by atoms with E-state index in [4.69, 9.17) is 4.74 Å². The number of hydrogen-bond acceptors (Lipinski definition) is 5. The van der Waals surface area contributed by atoms with Gasteiger partial charge in [0.2, 0.25) is 11.8 Å². The number of pyridine rings is 1. The molecule has 3 aliphatic heterocycles. The average Bonchev–Trinajstić information content (AvgIpc) is 3.49. The Morgan fingerprint density at radius 3 is 2.61 bits per heavy atom. The molecule has 38 heavy (non-hydrogen) atoms. The zero-order valence-electron chi connectivity index (χ0n) is 20.6. The Labute approximate surface area is 216 Å². The molecule has 0 radical (unpaired) electrons. The van der Waals surface area contributed by atoms with E-state index in [0.29, 0.717) is 54.5 Å². The number of hydrogen-bond donors (Lipinski definition) is 1. The van der Waals surface area contributed by atoms with Crippen LogP contribution in [0.3, 0.4) is 0 Å². The second kappa shape index (κ2) is 8.57. The van der Waals surface area contributed by atoms with Gasteiger partial charge in [-0.1, -0.05) is 18.2 Å². The minimum absolute atomic E-state index is 0.218. The lowest BCUT2D eigenvalue weighted by molar-refractivity contribution is -0.138. The van der Waals surface area contributed by atoms with Gasteiger partial charge in [0.05, 0.1) is 17.0 Å². The van der Waals surface area contributed by atoms with Crippen LogP contribution in [0.2, 0.25) is 0 Å². The normalized spacial score (nSPS) is 27.8. The van der Waals surface area contributed by atoms with Crippen LogP contribution in [-0.2, 0) is 32.6 Å². The van der Waals surface area contributed by atoms with Gasteiger partial charge in [0.25, 0.3) is 0 Å². The van der Waals surface area contributed by atoms with Gasteiger partial charge in [-0.25, -0.2) is 4.39 Å². The Morgan fingerprint density at radius 2 is 1.92 bits per heavy atom. The van der Waals surface area contributed by atoms with Crippen molar-refractivity contribution in [2.75, 3.05) is 13.1 Å². The first-order chi connectivity index (χ1) is 18.0. The van der Waals surface area contributed by atoms with Crippen LogP contribution in [-0.4, -0.2) is 40.4 Å². The lowest BCUT2D eigenvalue weighted by Crippen LogP contribution is -2.44. The van der Waals surface area contributed by atoms with E-state index in [2.05, 4.69) is 15.2 Å². The summed E-state index contributed by atoms with van der Waals surface area (Å²) in [5, 5.41) is 2.62. The maximum absolute atomic E-state index is 16.0. The van der Waals surface area contributed by atoms with Crippen molar-refractivity contribution >= 4 is 22.7 Å². The van der Waals surface area contributed by atoms with Gasteiger partial charge in [-0.3, -0.25) is 24.8 Å². The van der Waals surface area contributed by atoms with Crippen LogP contribution in [0.1, 0.15) is 54.4 Å². The Morgan fingerprint density at radius 1 is 1.16 bits per heavy atom. The summed E-state index contributed by atoms with van der Waals surface area (Å²) in [5.41, 5.74) is 0.0658. The number of epoxide rings is 1. The molecule has 6 rings (SSSR count). The summed E-state index contributed by atoms with van der Waals surface area (Å²) in [6.45, 7) is 3.48. The molecule has 3 unspecified atom stereocenters. The second-order valence-electron chi connectivity index (χ2n) is 10.6. The fraction of sp³-hybridized carbons (Fsp3) is 0.393. The Balaban J connectivity index is 1.23. The number of ether oxygens (including phenoxy) is 1. The first-order valence-electron chi connectivity index (χ1n) is 12.5. The Kier molecular flexibility index (Phi) is 5.63. The van der Waals surface area contributed by atoms with Crippen molar-refractivity contribution in [2.24, 2.45) is 0 Å². The number of piperidine rings is 2. The number of benzene rings is 2. The highest BCUT2D eigenvalue weighted by Gasteiger charge is 2.70. The predicted molar refractivity (Wildman–Crippen MR) is 129 cm³/mol. The molecule has 0 saturated carbocycles. The quantitative estimate of drug-likeness (QED) is 0.300. The Bertz CT molecular complexity index is 1460. The number of nitrogens with one attached hydrogen (secondary N) is 1. The van der Waals surface area contributed by atoms with E-state index in [1.807, 2.05) is 6.92 Å². The number of rotatable bonds is 4. The van der Waals surface area contributed by atoms with E-state index in [0.717, 1.165) is 17.7 Å². The maximum atomic E-state index is 16.0. The summed E-state index contributed by atoms with van der Waals surface area (Å²) in [6.07, 6.45) is -1.74. The highest BCUT2D eigenvalue weighted by Crippen LogP contribution is 2.61. The summed E-state index contributed by atoms with van der Waals surface area (Å²) in [6, 6.07) is 10.2. The number of likely N-dealkylation sites (tertiary alicyclic amines) is 1. The number of aromatic nitrogens is 1. The van der Waals surface area contributed by atoms with Gasteiger partial charge in [0.15, 0.2) is 0 Å². The zero-order chi connectivity index (χ0) is 26.9. The van der Waals surface area contributed by atoms with Crippen LogP contribution in [0.15, 0.2) is 48.7 Å². The van der Waals surface area contributed by atoms with E-state index < -0.39 is 40.6 Å².